The lowest BCUT2D eigenvalue weighted by Crippen LogP contribution is -2.33. The van der Waals surface area contributed by atoms with E-state index in [1.54, 1.807) is 43.4 Å². The molecule has 3 N–H and O–H groups in total. The Kier molecular flexibility index (Phi) is 23.8. The Morgan fingerprint density at radius 3 is 1.54 bits per heavy atom. The fourth-order valence-corrected chi connectivity index (χ4v) is 7.46. The molecule has 388 valence electrons. The van der Waals surface area contributed by atoms with Crippen molar-refractivity contribution < 1.29 is 66.9 Å². The topological polar surface area (TPSA) is 194 Å². The van der Waals surface area contributed by atoms with Crippen LogP contribution >= 0.6 is 0 Å². The largest absolute Gasteiger partial charge is 0.513 e. The number of aliphatic hydroxyl groups excluding tert-OH is 1. The molecule has 0 aliphatic carbocycles. The number of nitrogens with one attached hydrogen (secondary N) is 2. The molecule has 0 radical (unpaired) electrons. The second-order valence-corrected chi connectivity index (χ2v) is 16.8. The van der Waals surface area contributed by atoms with E-state index in [4.69, 9.17) is 47.4 Å². The number of fused-ring (bicyclic) bond motifs is 6. The summed E-state index contributed by atoms with van der Waals surface area (Å²) in [6.45, 7) is 12.6. The third-order valence-corrected chi connectivity index (χ3v) is 11.2. The second-order valence-electron chi connectivity index (χ2n) is 16.8. The van der Waals surface area contributed by atoms with Gasteiger partial charge in [0.05, 0.1) is 117 Å². The predicted molar refractivity (Wildman–Crippen MR) is 269 cm³/mol. The molecule has 18 nitrogen and oxygen atoms in total. The monoisotopic (exact) mass is 989 g/mol. The van der Waals surface area contributed by atoms with Crippen LogP contribution in [0.25, 0.3) is 0 Å². The molecule has 3 aromatic rings. The van der Waals surface area contributed by atoms with Gasteiger partial charge in [0, 0.05) is 93.5 Å². The van der Waals surface area contributed by atoms with E-state index >= 15 is 0 Å². The zero-order valence-electron chi connectivity index (χ0n) is 41.9. The highest BCUT2D eigenvalue weighted by molar-refractivity contribution is 6.01. The number of esters is 1. The molecule has 3 aromatic carbocycles. The van der Waals surface area contributed by atoms with Crippen molar-refractivity contribution in [2.24, 2.45) is 0 Å². The lowest BCUT2D eigenvalue weighted by atomic mass is 9.77. The summed E-state index contributed by atoms with van der Waals surface area (Å²) in [4.78, 5) is 42.7. The summed E-state index contributed by atoms with van der Waals surface area (Å²) in [7, 11) is 7.81. The van der Waals surface area contributed by atoms with Gasteiger partial charge in [-0.1, -0.05) is 24.8 Å². The lowest BCUT2D eigenvalue weighted by molar-refractivity contribution is -0.122. The van der Waals surface area contributed by atoms with Crippen LogP contribution in [0.4, 0.5) is 11.4 Å². The van der Waals surface area contributed by atoms with Crippen LogP contribution in [0, 0.1) is 0 Å². The average Bonchev–Trinajstić information content (AvgIpc) is 3.65. The van der Waals surface area contributed by atoms with Gasteiger partial charge in [-0.05, 0) is 61.4 Å². The average molecular weight is 989 g/mol. The highest BCUT2D eigenvalue weighted by Crippen LogP contribution is 2.57. The van der Waals surface area contributed by atoms with Gasteiger partial charge in [-0.3, -0.25) is 9.59 Å². The maximum Gasteiger partial charge on any atom is 0.340 e. The molecular weight excluding hydrogens is 917 g/mol. The van der Waals surface area contributed by atoms with Gasteiger partial charge >= 0.3 is 5.97 Å². The van der Waals surface area contributed by atoms with E-state index in [1.807, 2.05) is 74.4 Å². The van der Waals surface area contributed by atoms with Crippen LogP contribution in [0.2, 0.25) is 0 Å². The molecule has 1 spiro atoms. The van der Waals surface area contributed by atoms with Gasteiger partial charge in [-0.25, -0.2) is 4.79 Å². The molecule has 2 aliphatic rings. The van der Waals surface area contributed by atoms with E-state index < -0.39 is 11.6 Å². The molecule has 71 heavy (non-hydrogen) atoms. The number of benzene rings is 3. The third-order valence-electron chi connectivity index (χ3n) is 11.2. The normalized spacial score (nSPS) is 13.5. The molecule has 0 atom stereocenters. The van der Waals surface area contributed by atoms with Crippen LogP contribution in [-0.4, -0.2) is 170 Å². The van der Waals surface area contributed by atoms with Crippen molar-refractivity contribution in [2.75, 3.05) is 157 Å². The van der Waals surface area contributed by atoms with Gasteiger partial charge in [0.2, 0.25) is 5.91 Å². The van der Waals surface area contributed by atoms with Crippen LogP contribution in [0.1, 0.15) is 57.2 Å². The first-order chi connectivity index (χ1) is 34.4. The Morgan fingerprint density at radius 1 is 0.606 bits per heavy atom. The van der Waals surface area contributed by atoms with Crippen molar-refractivity contribution in [3.05, 3.63) is 119 Å². The second kappa shape index (κ2) is 30.1. The van der Waals surface area contributed by atoms with Crippen LogP contribution in [0.15, 0.2) is 90.7 Å². The van der Waals surface area contributed by atoms with Crippen LogP contribution in [0.3, 0.4) is 0 Å². The van der Waals surface area contributed by atoms with Crippen molar-refractivity contribution in [1.29, 1.82) is 0 Å². The number of carbonyl (C=O) groups is 3. The zero-order chi connectivity index (χ0) is 50.9. The van der Waals surface area contributed by atoms with Crippen molar-refractivity contribution in [1.82, 2.24) is 10.6 Å². The van der Waals surface area contributed by atoms with Crippen molar-refractivity contribution in [2.45, 2.75) is 25.4 Å². The van der Waals surface area contributed by atoms with Gasteiger partial charge in [0.25, 0.3) is 5.91 Å². The van der Waals surface area contributed by atoms with Crippen molar-refractivity contribution in [3.8, 4) is 11.5 Å². The van der Waals surface area contributed by atoms with Crippen LogP contribution < -0.4 is 25.2 Å². The van der Waals surface area contributed by atoms with E-state index in [0.29, 0.717) is 151 Å². The number of allylic oxidation sites excluding steroid dienone is 4. The summed E-state index contributed by atoms with van der Waals surface area (Å²) in [6, 6.07) is 16.8. The summed E-state index contributed by atoms with van der Waals surface area (Å²) < 4.78 is 57.0. The Balaban J connectivity index is 0.822. The molecule has 2 heterocycles. The Morgan fingerprint density at radius 2 is 1.07 bits per heavy atom. The summed E-state index contributed by atoms with van der Waals surface area (Å²) in [6.07, 6.45) is 5.94. The zero-order valence-corrected chi connectivity index (χ0v) is 41.9. The molecule has 18 heteroatoms. The smallest absolute Gasteiger partial charge is 0.340 e. The number of rotatable bonds is 35. The third kappa shape index (κ3) is 17.5. The molecule has 5 rings (SSSR count). The number of hydrogen-bond donors (Lipinski definition) is 3. The SMILES string of the molecule is C=C/C(=C\C=C(/C)O)CCNC(=O)CCOCCOCCOCCOCCOCCOCCOCCOCCNC(=O)c1ccc2c(c1)C(=O)OC21c2ccc(N(C)C)cc2Oc2cc(N(C)C)ccc21. The number of anilines is 2. The van der Waals surface area contributed by atoms with E-state index in [2.05, 4.69) is 17.2 Å². The molecular formula is C53H72N4O14. The first kappa shape index (κ1) is 56.1. The molecule has 0 bridgehead atoms. The van der Waals surface area contributed by atoms with Gasteiger partial charge in [-0.15, -0.1) is 0 Å². The number of ether oxygens (including phenoxy) is 10. The molecule has 0 fully saturated rings. The number of carbonyl (C=O) groups excluding carboxylic acids is 3. The van der Waals surface area contributed by atoms with Gasteiger partial charge in [0.15, 0.2) is 5.60 Å². The summed E-state index contributed by atoms with van der Waals surface area (Å²) >= 11 is 0. The van der Waals surface area contributed by atoms with E-state index in [9.17, 15) is 19.5 Å². The fraction of sp³-hybridized carbons (Fsp3) is 0.491. The maximum atomic E-state index is 13.6. The number of nitrogens with zero attached hydrogens (tertiary/aromatic N) is 2. The lowest BCUT2D eigenvalue weighted by Gasteiger charge is -2.37. The van der Waals surface area contributed by atoms with Crippen LogP contribution in [0.5, 0.6) is 11.5 Å². The van der Waals surface area contributed by atoms with Gasteiger partial charge in [-0.2, -0.15) is 0 Å². The quantitative estimate of drug-likeness (QED) is 0.0280. The van der Waals surface area contributed by atoms with Crippen LogP contribution in [-0.2, 0) is 53.0 Å². The number of amides is 2. The van der Waals surface area contributed by atoms with E-state index in [0.717, 1.165) is 16.9 Å². The predicted octanol–water partition coefficient (Wildman–Crippen LogP) is 5.72. The Labute approximate surface area is 417 Å². The molecule has 2 aliphatic heterocycles. The van der Waals surface area contributed by atoms with E-state index in [-0.39, 0.29) is 37.1 Å². The molecule has 2 amide bonds. The first-order valence-corrected chi connectivity index (χ1v) is 24.0. The summed E-state index contributed by atoms with van der Waals surface area (Å²) in [5.41, 5.74) is 4.28. The number of aliphatic hydroxyl groups is 1. The molecule has 0 saturated heterocycles. The Hall–Kier alpha value is -5.83. The molecule has 0 saturated carbocycles. The fourth-order valence-electron chi connectivity index (χ4n) is 7.46. The molecule has 0 aromatic heterocycles. The standard InChI is InChI=1S/C53H72N4O14/c1-7-40(9-8-39(2)58)16-18-54-50(59)17-20-62-22-24-64-26-28-66-30-32-68-34-35-69-33-31-67-29-27-65-25-23-63-21-19-55-51(60)41-10-13-45-44(36-41)52(61)71-53(45)46-14-11-42(56(3)4)37-48(46)70-49-38-43(57(5)6)12-15-47(49)53/h7-15,36-38,58H,1,16-35H2,2-6H3,(H,54,59)(H,55,60)/b39-8+,40-9+. The van der Waals surface area contributed by atoms with E-state index in [1.165, 1.54) is 0 Å². The summed E-state index contributed by atoms with van der Waals surface area (Å²) in [5.74, 6) is 0.451. The minimum Gasteiger partial charge on any atom is -0.513 e. The highest BCUT2D eigenvalue weighted by Gasteiger charge is 2.53. The number of hydrogen-bond acceptors (Lipinski definition) is 16. The first-order valence-electron chi connectivity index (χ1n) is 24.0. The minimum atomic E-state index is -1.24. The highest BCUT2D eigenvalue weighted by atomic mass is 16.6. The Bertz CT molecular complexity index is 2180. The maximum absolute atomic E-state index is 13.6. The summed E-state index contributed by atoms with van der Waals surface area (Å²) in [5, 5.41) is 15.0. The van der Waals surface area contributed by atoms with Crippen molar-refractivity contribution >= 4 is 29.2 Å². The van der Waals surface area contributed by atoms with Gasteiger partial charge in [0.1, 0.15) is 11.5 Å². The van der Waals surface area contributed by atoms with Gasteiger partial charge < -0.3 is 72.9 Å². The minimum absolute atomic E-state index is 0.0911. The van der Waals surface area contributed by atoms with Crippen molar-refractivity contribution in [3.63, 3.8) is 0 Å². The molecule has 0 unspecified atom stereocenters.